The SMILES string of the molecule is OC(CCCCl)Cc1cccc(F)c1Br. The van der Waals surface area contributed by atoms with Crippen LogP contribution in [-0.2, 0) is 6.42 Å². The van der Waals surface area contributed by atoms with Crippen LogP contribution in [0.5, 0.6) is 0 Å². The van der Waals surface area contributed by atoms with Crippen LogP contribution in [0.4, 0.5) is 4.39 Å². The first-order valence-corrected chi connectivity index (χ1v) is 6.15. The Bertz CT molecular complexity index is 319. The highest BCUT2D eigenvalue weighted by Crippen LogP contribution is 2.22. The summed E-state index contributed by atoms with van der Waals surface area (Å²) in [7, 11) is 0. The minimum atomic E-state index is -0.457. The summed E-state index contributed by atoms with van der Waals surface area (Å²) in [6, 6.07) is 4.83. The summed E-state index contributed by atoms with van der Waals surface area (Å²) in [4.78, 5) is 0. The Kier molecular flexibility index (Phi) is 5.58. The predicted molar refractivity (Wildman–Crippen MR) is 63.8 cm³/mol. The van der Waals surface area contributed by atoms with E-state index >= 15 is 0 Å². The molecule has 1 aromatic rings. The minimum Gasteiger partial charge on any atom is -0.393 e. The van der Waals surface area contributed by atoms with Crippen LogP contribution >= 0.6 is 27.5 Å². The average Bonchev–Trinajstić information content (AvgIpc) is 2.22. The van der Waals surface area contributed by atoms with Crippen LogP contribution in [0.25, 0.3) is 0 Å². The molecule has 0 spiro atoms. The fourth-order valence-corrected chi connectivity index (χ4v) is 1.96. The van der Waals surface area contributed by atoms with Crippen molar-refractivity contribution in [1.29, 1.82) is 0 Å². The van der Waals surface area contributed by atoms with Crippen molar-refractivity contribution >= 4 is 27.5 Å². The number of aliphatic hydroxyl groups excluding tert-OH is 1. The third-order valence-electron chi connectivity index (χ3n) is 2.16. The van der Waals surface area contributed by atoms with Crippen LogP contribution in [-0.4, -0.2) is 17.1 Å². The maximum atomic E-state index is 13.1. The molecule has 0 aliphatic heterocycles. The lowest BCUT2D eigenvalue weighted by atomic mass is 10.0. The molecule has 0 aromatic heterocycles. The van der Waals surface area contributed by atoms with Gasteiger partial charge in [-0.1, -0.05) is 12.1 Å². The van der Waals surface area contributed by atoms with Crippen LogP contribution in [0, 0.1) is 5.82 Å². The number of aliphatic hydroxyl groups is 1. The molecule has 84 valence electrons. The summed E-state index contributed by atoms with van der Waals surface area (Å²) in [5.41, 5.74) is 0.789. The number of hydrogen-bond acceptors (Lipinski definition) is 1. The van der Waals surface area contributed by atoms with Crippen molar-refractivity contribution < 1.29 is 9.50 Å². The molecule has 1 nitrogen and oxygen atoms in total. The lowest BCUT2D eigenvalue weighted by Gasteiger charge is -2.11. The molecule has 15 heavy (non-hydrogen) atoms. The first kappa shape index (κ1) is 12.9. The Labute approximate surface area is 102 Å². The van der Waals surface area contributed by atoms with Crippen molar-refractivity contribution in [3.63, 3.8) is 0 Å². The molecule has 0 fully saturated rings. The second kappa shape index (κ2) is 6.46. The van der Waals surface area contributed by atoms with Crippen LogP contribution in [0.15, 0.2) is 22.7 Å². The maximum Gasteiger partial charge on any atom is 0.137 e. The monoisotopic (exact) mass is 294 g/mol. The van der Waals surface area contributed by atoms with Crippen molar-refractivity contribution in [2.75, 3.05) is 5.88 Å². The third kappa shape index (κ3) is 4.09. The Morgan fingerprint density at radius 2 is 2.20 bits per heavy atom. The molecule has 1 N–H and O–H groups in total. The van der Waals surface area contributed by atoms with Gasteiger partial charge in [-0.2, -0.15) is 0 Å². The average molecular weight is 296 g/mol. The molecule has 0 saturated heterocycles. The van der Waals surface area contributed by atoms with Gasteiger partial charge >= 0.3 is 0 Å². The molecule has 4 heteroatoms. The second-order valence-electron chi connectivity index (χ2n) is 3.40. The zero-order valence-electron chi connectivity index (χ0n) is 8.22. The van der Waals surface area contributed by atoms with Gasteiger partial charge in [0.15, 0.2) is 0 Å². The molecule has 0 radical (unpaired) electrons. The fourth-order valence-electron chi connectivity index (χ4n) is 1.37. The molecule has 0 bridgehead atoms. The largest absolute Gasteiger partial charge is 0.393 e. The van der Waals surface area contributed by atoms with Gasteiger partial charge in [-0.05, 0) is 46.8 Å². The maximum absolute atomic E-state index is 13.1. The summed E-state index contributed by atoms with van der Waals surface area (Å²) in [6.45, 7) is 0. The van der Waals surface area contributed by atoms with Gasteiger partial charge in [0.25, 0.3) is 0 Å². The van der Waals surface area contributed by atoms with Gasteiger partial charge in [0.1, 0.15) is 5.82 Å². The van der Waals surface area contributed by atoms with Gasteiger partial charge in [0.2, 0.25) is 0 Å². The fraction of sp³-hybridized carbons (Fsp3) is 0.455. The van der Waals surface area contributed by atoms with Crippen LogP contribution in [0.2, 0.25) is 0 Å². The first-order valence-electron chi connectivity index (χ1n) is 4.82. The predicted octanol–water partition coefficient (Wildman–Crippen LogP) is 3.51. The topological polar surface area (TPSA) is 20.2 Å². The van der Waals surface area contributed by atoms with E-state index in [1.165, 1.54) is 6.07 Å². The Hall–Kier alpha value is -0.120. The van der Waals surface area contributed by atoms with E-state index in [2.05, 4.69) is 15.9 Å². The molecule has 0 amide bonds. The molecule has 1 rings (SSSR count). The van der Waals surface area contributed by atoms with E-state index in [0.717, 1.165) is 12.0 Å². The summed E-state index contributed by atoms with van der Waals surface area (Å²) in [5.74, 6) is 0.249. The molecule has 0 aliphatic rings. The number of halogens is 3. The number of alkyl halides is 1. The number of benzene rings is 1. The van der Waals surface area contributed by atoms with Gasteiger partial charge in [-0.25, -0.2) is 4.39 Å². The molecule has 0 heterocycles. The quantitative estimate of drug-likeness (QED) is 0.824. The Balaban J connectivity index is 2.60. The van der Waals surface area contributed by atoms with E-state index in [9.17, 15) is 9.50 Å². The van der Waals surface area contributed by atoms with E-state index in [0.29, 0.717) is 23.2 Å². The molecular weight excluding hydrogens is 282 g/mol. The normalized spacial score (nSPS) is 12.8. The van der Waals surface area contributed by atoms with E-state index in [1.54, 1.807) is 12.1 Å². The van der Waals surface area contributed by atoms with Crippen LogP contribution in [0.1, 0.15) is 18.4 Å². The number of hydrogen-bond donors (Lipinski definition) is 1. The summed E-state index contributed by atoms with van der Waals surface area (Å²) < 4.78 is 13.6. The highest BCUT2D eigenvalue weighted by Gasteiger charge is 2.10. The van der Waals surface area contributed by atoms with E-state index in [1.807, 2.05) is 0 Å². The molecular formula is C11H13BrClFO. The van der Waals surface area contributed by atoms with Crippen molar-refractivity contribution in [1.82, 2.24) is 0 Å². The Morgan fingerprint density at radius 3 is 2.87 bits per heavy atom. The zero-order chi connectivity index (χ0) is 11.3. The lowest BCUT2D eigenvalue weighted by molar-refractivity contribution is 0.164. The van der Waals surface area contributed by atoms with Crippen LogP contribution < -0.4 is 0 Å². The van der Waals surface area contributed by atoms with Gasteiger partial charge < -0.3 is 5.11 Å². The molecule has 1 atom stereocenters. The molecule has 0 aliphatic carbocycles. The van der Waals surface area contributed by atoms with Gasteiger partial charge in [0.05, 0.1) is 10.6 Å². The van der Waals surface area contributed by atoms with Crippen molar-refractivity contribution in [3.8, 4) is 0 Å². The smallest absolute Gasteiger partial charge is 0.137 e. The standard InChI is InChI=1S/C11H13BrClFO/c12-11-8(3-1-5-10(11)14)7-9(15)4-2-6-13/h1,3,5,9,15H,2,4,6-7H2. The number of rotatable bonds is 5. The molecule has 0 saturated carbocycles. The lowest BCUT2D eigenvalue weighted by Crippen LogP contribution is -2.11. The highest BCUT2D eigenvalue weighted by atomic mass is 79.9. The van der Waals surface area contributed by atoms with E-state index < -0.39 is 6.10 Å². The first-order chi connectivity index (χ1) is 7.15. The summed E-state index contributed by atoms with van der Waals surface area (Å²) in [5, 5.41) is 9.65. The Morgan fingerprint density at radius 1 is 1.47 bits per heavy atom. The zero-order valence-corrected chi connectivity index (χ0v) is 10.6. The van der Waals surface area contributed by atoms with Crippen molar-refractivity contribution in [2.45, 2.75) is 25.4 Å². The minimum absolute atomic E-state index is 0.294. The van der Waals surface area contributed by atoms with E-state index in [-0.39, 0.29) is 5.82 Å². The van der Waals surface area contributed by atoms with Crippen molar-refractivity contribution in [2.24, 2.45) is 0 Å². The van der Waals surface area contributed by atoms with Gasteiger partial charge in [-0.3, -0.25) is 0 Å². The van der Waals surface area contributed by atoms with Gasteiger partial charge in [-0.15, -0.1) is 11.6 Å². The van der Waals surface area contributed by atoms with E-state index in [4.69, 9.17) is 11.6 Å². The second-order valence-corrected chi connectivity index (χ2v) is 4.57. The summed E-state index contributed by atoms with van der Waals surface area (Å²) in [6.07, 6.45) is 1.42. The van der Waals surface area contributed by atoms with Gasteiger partial charge in [0, 0.05) is 5.88 Å². The third-order valence-corrected chi connectivity index (χ3v) is 3.31. The molecule has 1 aromatic carbocycles. The van der Waals surface area contributed by atoms with Crippen molar-refractivity contribution in [3.05, 3.63) is 34.1 Å². The molecule has 1 unspecified atom stereocenters. The van der Waals surface area contributed by atoms with Crippen LogP contribution in [0.3, 0.4) is 0 Å². The highest BCUT2D eigenvalue weighted by molar-refractivity contribution is 9.10. The summed E-state index contributed by atoms with van der Waals surface area (Å²) >= 11 is 8.69.